The van der Waals surface area contributed by atoms with Crippen molar-refractivity contribution in [3.05, 3.63) is 20.8 Å². The van der Waals surface area contributed by atoms with Crippen molar-refractivity contribution in [3.8, 4) is 12.3 Å². The van der Waals surface area contributed by atoms with Crippen LogP contribution >= 0.6 is 27.3 Å². The van der Waals surface area contributed by atoms with E-state index in [4.69, 9.17) is 11.5 Å². The Labute approximate surface area is 101 Å². The molecule has 1 N–H and O–H groups in total. The lowest BCUT2D eigenvalue weighted by molar-refractivity contribution is -0.138. The van der Waals surface area contributed by atoms with Crippen LogP contribution in [-0.2, 0) is 11.3 Å². The normalized spacial score (nSPS) is 10.2. The van der Waals surface area contributed by atoms with E-state index in [2.05, 4.69) is 21.9 Å². The number of nitrogens with zero attached hydrogens (tertiary/aromatic N) is 1. The highest BCUT2D eigenvalue weighted by Gasteiger charge is 2.11. The summed E-state index contributed by atoms with van der Waals surface area (Å²) in [5.74, 6) is 1.59. The molecule has 0 radical (unpaired) electrons. The van der Waals surface area contributed by atoms with E-state index in [9.17, 15) is 4.79 Å². The van der Waals surface area contributed by atoms with Gasteiger partial charge in [-0.25, -0.2) is 0 Å². The molecule has 80 valence electrons. The van der Waals surface area contributed by atoms with Gasteiger partial charge in [-0.15, -0.1) is 17.8 Å². The summed E-state index contributed by atoms with van der Waals surface area (Å²) in [4.78, 5) is 13.4. The van der Waals surface area contributed by atoms with Crippen molar-refractivity contribution in [2.75, 3.05) is 13.1 Å². The minimum atomic E-state index is -0.863. The molecular weight excluding hydrogens is 278 g/mol. The number of carboxylic acids is 1. The monoisotopic (exact) mass is 287 g/mol. The number of carboxylic acid groups (broad SMARTS) is 1. The molecular formula is C10H10BrNO2S. The van der Waals surface area contributed by atoms with E-state index in [0.29, 0.717) is 13.1 Å². The highest BCUT2D eigenvalue weighted by molar-refractivity contribution is 9.10. The minimum Gasteiger partial charge on any atom is -0.480 e. The third-order valence-electron chi connectivity index (χ3n) is 1.73. The van der Waals surface area contributed by atoms with Crippen molar-refractivity contribution in [3.63, 3.8) is 0 Å². The molecule has 0 aliphatic carbocycles. The fourth-order valence-electron chi connectivity index (χ4n) is 1.13. The van der Waals surface area contributed by atoms with Gasteiger partial charge in [0.1, 0.15) is 0 Å². The molecule has 5 heteroatoms. The van der Waals surface area contributed by atoms with Gasteiger partial charge in [0.2, 0.25) is 0 Å². The Morgan fingerprint density at radius 2 is 2.47 bits per heavy atom. The van der Waals surface area contributed by atoms with E-state index < -0.39 is 5.97 Å². The average Bonchev–Trinajstić information content (AvgIpc) is 2.51. The Bertz CT molecular complexity index is 383. The maximum atomic E-state index is 10.6. The van der Waals surface area contributed by atoms with Crippen LogP contribution in [0.1, 0.15) is 4.88 Å². The fourth-order valence-corrected chi connectivity index (χ4v) is 2.65. The molecule has 1 aromatic rings. The zero-order valence-electron chi connectivity index (χ0n) is 7.94. The lowest BCUT2D eigenvalue weighted by Crippen LogP contribution is -2.29. The third kappa shape index (κ3) is 4.04. The van der Waals surface area contributed by atoms with Gasteiger partial charge in [-0.1, -0.05) is 5.92 Å². The summed E-state index contributed by atoms with van der Waals surface area (Å²) >= 11 is 4.98. The Balaban J connectivity index is 2.63. The SMILES string of the molecule is C#CCN(CC(=O)O)Cc1sccc1Br. The minimum absolute atomic E-state index is 0.0332. The molecule has 0 saturated heterocycles. The van der Waals surface area contributed by atoms with Gasteiger partial charge in [-0.3, -0.25) is 9.69 Å². The number of aliphatic carboxylic acids is 1. The number of halogens is 1. The largest absolute Gasteiger partial charge is 0.480 e. The van der Waals surface area contributed by atoms with E-state index in [1.54, 1.807) is 16.2 Å². The van der Waals surface area contributed by atoms with Gasteiger partial charge in [0.25, 0.3) is 0 Å². The molecule has 15 heavy (non-hydrogen) atoms. The summed E-state index contributed by atoms with van der Waals surface area (Å²) in [6.45, 7) is 0.875. The Morgan fingerprint density at radius 3 is 2.93 bits per heavy atom. The van der Waals surface area contributed by atoms with E-state index >= 15 is 0 Å². The van der Waals surface area contributed by atoms with Crippen molar-refractivity contribution < 1.29 is 9.90 Å². The second kappa shape index (κ2) is 5.91. The molecule has 0 bridgehead atoms. The lowest BCUT2D eigenvalue weighted by atomic mass is 10.4. The molecule has 1 rings (SSSR count). The van der Waals surface area contributed by atoms with E-state index in [1.165, 1.54) is 0 Å². The predicted molar refractivity (Wildman–Crippen MR) is 63.8 cm³/mol. The van der Waals surface area contributed by atoms with Gasteiger partial charge in [0.05, 0.1) is 13.1 Å². The van der Waals surface area contributed by atoms with Crippen molar-refractivity contribution in [2.24, 2.45) is 0 Å². The molecule has 0 spiro atoms. The maximum absolute atomic E-state index is 10.6. The standard InChI is InChI=1S/C10H10BrNO2S/c1-2-4-12(7-10(13)14)6-9-8(11)3-5-15-9/h1,3,5H,4,6-7H2,(H,13,14). The van der Waals surface area contributed by atoms with Crippen molar-refractivity contribution >= 4 is 33.2 Å². The van der Waals surface area contributed by atoms with E-state index in [1.807, 2.05) is 11.4 Å². The molecule has 0 atom stereocenters. The quantitative estimate of drug-likeness (QED) is 0.843. The zero-order chi connectivity index (χ0) is 11.3. The number of terminal acetylenes is 1. The molecule has 1 aromatic heterocycles. The fraction of sp³-hybridized carbons (Fsp3) is 0.300. The molecule has 0 amide bonds. The number of hydrogen-bond acceptors (Lipinski definition) is 3. The number of thiophene rings is 1. The van der Waals surface area contributed by atoms with E-state index in [-0.39, 0.29) is 6.54 Å². The zero-order valence-corrected chi connectivity index (χ0v) is 10.3. The highest BCUT2D eigenvalue weighted by atomic mass is 79.9. The van der Waals surface area contributed by atoms with Crippen LogP contribution < -0.4 is 0 Å². The molecule has 0 aromatic carbocycles. The number of carbonyl (C=O) groups is 1. The highest BCUT2D eigenvalue weighted by Crippen LogP contribution is 2.23. The second-order valence-electron chi connectivity index (χ2n) is 2.93. The summed E-state index contributed by atoms with van der Waals surface area (Å²) < 4.78 is 1.000. The molecule has 0 aliphatic rings. The summed E-state index contributed by atoms with van der Waals surface area (Å²) in [5, 5.41) is 10.6. The first-order valence-corrected chi connectivity index (χ1v) is 5.90. The van der Waals surface area contributed by atoms with Crippen LogP contribution in [0, 0.1) is 12.3 Å². The van der Waals surface area contributed by atoms with Crippen LogP contribution in [0.3, 0.4) is 0 Å². The van der Waals surface area contributed by atoms with Gasteiger partial charge in [-0.05, 0) is 27.4 Å². The average molecular weight is 288 g/mol. The molecule has 0 fully saturated rings. The van der Waals surface area contributed by atoms with Gasteiger partial charge >= 0.3 is 5.97 Å². The van der Waals surface area contributed by atoms with Gasteiger partial charge in [0, 0.05) is 15.9 Å². The molecule has 3 nitrogen and oxygen atoms in total. The summed E-state index contributed by atoms with van der Waals surface area (Å²) in [6, 6.07) is 1.94. The van der Waals surface area contributed by atoms with Gasteiger partial charge < -0.3 is 5.11 Å². The van der Waals surface area contributed by atoms with Crippen molar-refractivity contribution in [1.29, 1.82) is 0 Å². The first-order chi connectivity index (χ1) is 7.13. The molecule has 1 heterocycles. The van der Waals surface area contributed by atoms with Crippen LogP contribution in [-0.4, -0.2) is 29.1 Å². The number of hydrogen-bond donors (Lipinski definition) is 1. The van der Waals surface area contributed by atoms with Crippen LogP contribution in [0.4, 0.5) is 0 Å². The first-order valence-electron chi connectivity index (χ1n) is 4.23. The predicted octanol–water partition coefficient (Wildman–Crippen LogP) is 2.03. The van der Waals surface area contributed by atoms with Crippen LogP contribution in [0.5, 0.6) is 0 Å². The summed E-state index contributed by atoms with van der Waals surface area (Å²) in [7, 11) is 0. The molecule has 0 saturated carbocycles. The van der Waals surface area contributed by atoms with Crippen LogP contribution in [0.2, 0.25) is 0 Å². The molecule has 0 unspecified atom stereocenters. The van der Waals surface area contributed by atoms with Crippen molar-refractivity contribution in [2.45, 2.75) is 6.54 Å². The van der Waals surface area contributed by atoms with E-state index in [0.717, 1.165) is 9.35 Å². The van der Waals surface area contributed by atoms with Crippen LogP contribution in [0.25, 0.3) is 0 Å². The van der Waals surface area contributed by atoms with Gasteiger partial charge in [0.15, 0.2) is 0 Å². The Hall–Kier alpha value is -0.830. The van der Waals surface area contributed by atoms with Gasteiger partial charge in [-0.2, -0.15) is 0 Å². The summed E-state index contributed by atoms with van der Waals surface area (Å²) in [6.07, 6.45) is 5.18. The lowest BCUT2D eigenvalue weighted by Gasteiger charge is -2.16. The van der Waals surface area contributed by atoms with Crippen molar-refractivity contribution in [1.82, 2.24) is 4.90 Å². The Morgan fingerprint density at radius 1 is 1.73 bits per heavy atom. The maximum Gasteiger partial charge on any atom is 0.317 e. The third-order valence-corrected chi connectivity index (χ3v) is 3.64. The molecule has 0 aliphatic heterocycles. The number of rotatable bonds is 5. The Kier molecular flexibility index (Phi) is 4.82. The smallest absolute Gasteiger partial charge is 0.317 e. The summed E-state index contributed by atoms with van der Waals surface area (Å²) in [5.41, 5.74) is 0. The topological polar surface area (TPSA) is 40.5 Å². The second-order valence-corrected chi connectivity index (χ2v) is 4.79. The van der Waals surface area contributed by atoms with Crippen LogP contribution in [0.15, 0.2) is 15.9 Å². The first kappa shape index (κ1) is 12.2.